The minimum Gasteiger partial charge on any atom is -0.489 e. The fourth-order valence-electron chi connectivity index (χ4n) is 1.67. The zero-order valence-corrected chi connectivity index (χ0v) is 11.7. The van der Waals surface area contributed by atoms with E-state index >= 15 is 0 Å². The Morgan fingerprint density at radius 2 is 2.22 bits per heavy atom. The van der Waals surface area contributed by atoms with Crippen LogP contribution in [0.4, 0.5) is 5.82 Å². The lowest BCUT2D eigenvalue weighted by molar-refractivity contribution is -0.390. The summed E-state index contributed by atoms with van der Waals surface area (Å²) in [5.74, 6) is -1.89. The molecule has 0 saturated carbocycles. The molecule has 10 nitrogen and oxygen atoms in total. The van der Waals surface area contributed by atoms with E-state index < -0.39 is 27.8 Å². The molecule has 0 aliphatic rings. The summed E-state index contributed by atoms with van der Waals surface area (Å²) in [6.45, 7) is 0. The highest BCUT2D eigenvalue weighted by Gasteiger charge is 2.17. The van der Waals surface area contributed by atoms with Crippen molar-refractivity contribution in [3.05, 3.63) is 62.2 Å². The molecule has 2 rings (SSSR count). The van der Waals surface area contributed by atoms with Gasteiger partial charge in [-0.15, -0.1) is 0 Å². The molecule has 0 aromatic carbocycles. The monoisotopic (exact) mass is 318 g/mol. The van der Waals surface area contributed by atoms with Gasteiger partial charge in [-0.05, 0) is 34.2 Å². The second-order valence-electron chi connectivity index (χ2n) is 4.14. The number of aromatic carboxylic acids is 1. The molecule has 0 aliphatic carbocycles. The second kappa shape index (κ2) is 6.47. The molecule has 0 fully saturated rings. The van der Waals surface area contributed by atoms with Gasteiger partial charge in [0.15, 0.2) is 5.69 Å². The Hall–Kier alpha value is -3.56. The first-order valence-electron chi connectivity index (χ1n) is 6.12. The van der Waals surface area contributed by atoms with Crippen LogP contribution >= 0.6 is 0 Å². The van der Waals surface area contributed by atoms with Crippen molar-refractivity contribution in [2.45, 2.75) is 0 Å². The van der Waals surface area contributed by atoms with Gasteiger partial charge in [-0.3, -0.25) is 4.79 Å². The van der Waals surface area contributed by atoms with Gasteiger partial charge in [-0.1, -0.05) is 0 Å². The SMILES string of the molecule is COc1ccc(C=Nn2cccc(C(=O)O)c2=O)nc1[N+](=O)[O-]. The Morgan fingerprint density at radius 3 is 2.83 bits per heavy atom. The van der Waals surface area contributed by atoms with Crippen molar-refractivity contribution < 1.29 is 19.6 Å². The van der Waals surface area contributed by atoms with Crippen LogP contribution in [0.5, 0.6) is 5.75 Å². The number of rotatable bonds is 5. The minimum absolute atomic E-state index is 0.0165. The largest absolute Gasteiger partial charge is 0.489 e. The number of pyridine rings is 2. The molecule has 2 aromatic rings. The van der Waals surface area contributed by atoms with Crippen LogP contribution in [0.2, 0.25) is 0 Å². The molecule has 0 bridgehead atoms. The van der Waals surface area contributed by atoms with Gasteiger partial charge in [0.1, 0.15) is 5.56 Å². The number of aromatic nitrogens is 2. The molecule has 0 spiro atoms. The van der Waals surface area contributed by atoms with Crippen LogP contribution in [0.15, 0.2) is 40.4 Å². The first kappa shape index (κ1) is 15.8. The Labute approximate surface area is 128 Å². The fourth-order valence-corrected chi connectivity index (χ4v) is 1.67. The molecule has 0 saturated heterocycles. The average molecular weight is 318 g/mol. The Kier molecular flexibility index (Phi) is 4.45. The molecule has 0 amide bonds. The summed E-state index contributed by atoms with van der Waals surface area (Å²) < 4.78 is 5.61. The number of carboxylic acids is 1. The molecule has 2 heterocycles. The standard InChI is InChI=1S/C13H10N4O6/c1-23-10-5-4-8(15-11(10)17(21)22)7-14-16-6-2-3-9(12(16)18)13(19)20/h2-7H,1H3,(H,19,20). The van der Waals surface area contributed by atoms with E-state index in [2.05, 4.69) is 10.1 Å². The predicted octanol–water partition coefficient (Wildman–Crippen LogP) is 0.740. The highest BCUT2D eigenvalue weighted by Crippen LogP contribution is 2.23. The zero-order chi connectivity index (χ0) is 17.0. The Morgan fingerprint density at radius 1 is 1.48 bits per heavy atom. The van der Waals surface area contributed by atoms with Crippen molar-refractivity contribution in [1.29, 1.82) is 0 Å². The number of nitro groups is 1. The number of nitrogens with zero attached hydrogens (tertiary/aromatic N) is 4. The van der Waals surface area contributed by atoms with Crippen molar-refractivity contribution in [2.24, 2.45) is 5.10 Å². The summed E-state index contributed by atoms with van der Waals surface area (Å²) in [4.78, 5) is 36.6. The van der Waals surface area contributed by atoms with Gasteiger partial charge in [0.05, 0.1) is 13.3 Å². The molecule has 0 aliphatic heterocycles. The number of ether oxygens (including phenoxy) is 1. The molecule has 23 heavy (non-hydrogen) atoms. The van der Waals surface area contributed by atoms with Crippen LogP contribution in [0.3, 0.4) is 0 Å². The summed E-state index contributed by atoms with van der Waals surface area (Å²) in [5, 5.41) is 23.5. The van der Waals surface area contributed by atoms with E-state index in [0.29, 0.717) is 0 Å². The summed E-state index contributed by atoms with van der Waals surface area (Å²) in [5.41, 5.74) is -1.18. The molecule has 10 heteroatoms. The quantitative estimate of drug-likeness (QED) is 0.487. The summed E-state index contributed by atoms with van der Waals surface area (Å²) in [6.07, 6.45) is 2.35. The third kappa shape index (κ3) is 3.37. The van der Waals surface area contributed by atoms with Gasteiger partial charge >= 0.3 is 11.8 Å². The van der Waals surface area contributed by atoms with Crippen molar-refractivity contribution in [2.75, 3.05) is 7.11 Å². The lowest BCUT2D eigenvalue weighted by Crippen LogP contribution is -2.23. The molecular formula is C13H10N4O6. The summed E-state index contributed by atoms with van der Waals surface area (Å²) in [6, 6.07) is 5.23. The van der Waals surface area contributed by atoms with E-state index in [1.165, 1.54) is 31.5 Å². The third-order valence-electron chi connectivity index (χ3n) is 2.73. The van der Waals surface area contributed by atoms with E-state index in [0.717, 1.165) is 17.0 Å². The number of hydrogen-bond donors (Lipinski definition) is 1. The van der Waals surface area contributed by atoms with Crippen LogP contribution in [0.25, 0.3) is 0 Å². The van der Waals surface area contributed by atoms with Gasteiger partial charge < -0.3 is 20.0 Å². The Balaban J connectivity index is 2.40. The third-order valence-corrected chi connectivity index (χ3v) is 2.73. The molecule has 1 N–H and O–H groups in total. The average Bonchev–Trinajstić information content (AvgIpc) is 2.53. The number of carboxylic acid groups (broad SMARTS) is 1. The number of carbonyl (C=O) groups is 1. The maximum atomic E-state index is 11.8. The van der Waals surface area contributed by atoms with Crippen molar-refractivity contribution >= 4 is 18.0 Å². The lowest BCUT2D eigenvalue weighted by atomic mass is 10.3. The van der Waals surface area contributed by atoms with Gasteiger partial charge in [0, 0.05) is 6.20 Å². The normalized spacial score (nSPS) is 10.7. The summed E-state index contributed by atoms with van der Waals surface area (Å²) in [7, 11) is 1.27. The van der Waals surface area contributed by atoms with Crippen molar-refractivity contribution in [1.82, 2.24) is 9.66 Å². The number of methoxy groups -OCH3 is 1. The molecule has 2 aromatic heterocycles. The fraction of sp³-hybridized carbons (Fsp3) is 0.0769. The second-order valence-corrected chi connectivity index (χ2v) is 4.14. The van der Waals surface area contributed by atoms with E-state index in [-0.39, 0.29) is 11.4 Å². The van der Waals surface area contributed by atoms with Crippen LogP contribution < -0.4 is 10.3 Å². The Bertz CT molecular complexity index is 858. The first-order chi connectivity index (χ1) is 10.9. The molecule has 0 unspecified atom stereocenters. The molecule has 0 atom stereocenters. The van der Waals surface area contributed by atoms with E-state index in [1.54, 1.807) is 0 Å². The van der Waals surface area contributed by atoms with Gasteiger partial charge in [-0.25, -0.2) is 9.47 Å². The van der Waals surface area contributed by atoms with Crippen LogP contribution in [-0.2, 0) is 0 Å². The number of hydrogen-bond acceptors (Lipinski definition) is 7. The van der Waals surface area contributed by atoms with E-state index in [4.69, 9.17) is 9.84 Å². The van der Waals surface area contributed by atoms with Crippen LogP contribution in [0, 0.1) is 10.1 Å². The minimum atomic E-state index is -1.38. The molecular weight excluding hydrogens is 308 g/mol. The molecule has 0 radical (unpaired) electrons. The smallest absolute Gasteiger partial charge is 0.406 e. The van der Waals surface area contributed by atoms with E-state index in [1.807, 2.05) is 0 Å². The summed E-state index contributed by atoms with van der Waals surface area (Å²) >= 11 is 0. The van der Waals surface area contributed by atoms with Gasteiger partial charge in [-0.2, -0.15) is 5.10 Å². The van der Waals surface area contributed by atoms with Crippen molar-refractivity contribution in [3.8, 4) is 5.75 Å². The van der Waals surface area contributed by atoms with Crippen LogP contribution in [-0.4, -0.2) is 39.0 Å². The predicted molar refractivity (Wildman–Crippen MR) is 78.1 cm³/mol. The van der Waals surface area contributed by atoms with Crippen LogP contribution in [0.1, 0.15) is 16.1 Å². The topological polar surface area (TPSA) is 137 Å². The van der Waals surface area contributed by atoms with E-state index in [9.17, 15) is 19.7 Å². The molecule has 118 valence electrons. The lowest BCUT2D eigenvalue weighted by Gasteiger charge is -2.01. The van der Waals surface area contributed by atoms with Crippen molar-refractivity contribution in [3.63, 3.8) is 0 Å². The first-order valence-corrected chi connectivity index (χ1v) is 6.12. The highest BCUT2D eigenvalue weighted by atomic mass is 16.6. The van der Waals surface area contributed by atoms with Gasteiger partial charge in [0.2, 0.25) is 5.75 Å². The maximum absolute atomic E-state index is 11.8. The zero-order valence-electron chi connectivity index (χ0n) is 11.7. The maximum Gasteiger partial charge on any atom is 0.406 e. The highest BCUT2D eigenvalue weighted by molar-refractivity contribution is 5.87. The van der Waals surface area contributed by atoms with Gasteiger partial charge in [0.25, 0.3) is 5.56 Å².